The molecule has 3 rings (SSSR count). The van der Waals surface area contributed by atoms with Crippen molar-refractivity contribution in [1.29, 1.82) is 0 Å². The fourth-order valence-corrected chi connectivity index (χ4v) is 7.72. The van der Waals surface area contributed by atoms with Crippen LogP contribution in [0, 0.1) is 0 Å². The molecule has 0 aliphatic heterocycles. The third-order valence-electron chi connectivity index (χ3n) is 4.05. The SMILES string of the molecule is CCCCOc1ccc(S(I)(c2ccccc2)c2ccccc2)cc1. The molecule has 0 amide bonds. The topological polar surface area (TPSA) is 9.23 Å². The predicted molar refractivity (Wildman–Crippen MR) is 116 cm³/mol. The van der Waals surface area contributed by atoms with Gasteiger partial charge in [-0.2, -0.15) is 0 Å². The van der Waals surface area contributed by atoms with E-state index in [0.717, 1.165) is 25.2 Å². The summed E-state index contributed by atoms with van der Waals surface area (Å²) in [6.07, 6.45) is 2.25. The van der Waals surface area contributed by atoms with Crippen LogP contribution >= 0.6 is 28.4 Å². The van der Waals surface area contributed by atoms with Gasteiger partial charge in [0, 0.05) is 14.7 Å². The van der Waals surface area contributed by atoms with E-state index in [1.165, 1.54) is 14.7 Å². The average molecular weight is 462 g/mol. The monoisotopic (exact) mass is 462 g/mol. The summed E-state index contributed by atoms with van der Waals surface area (Å²) in [6.45, 7) is 2.97. The highest BCUT2D eigenvalue weighted by Crippen LogP contribution is 2.74. The third kappa shape index (κ3) is 4.21. The Hall–Kier alpha value is -1.46. The summed E-state index contributed by atoms with van der Waals surface area (Å²) < 4.78 is 5.83. The highest BCUT2D eigenvalue weighted by molar-refractivity contribution is 14.2. The number of benzene rings is 3. The van der Waals surface area contributed by atoms with Crippen molar-refractivity contribution >= 4 is 28.4 Å². The molecule has 25 heavy (non-hydrogen) atoms. The van der Waals surface area contributed by atoms with Crippen LogP contribution in [0.3, 0.4) is 0 Å². The van der Waals surface area contributed by atoms with Gasteiger partial charge in [-0.05, 0) is 76.2 Å². The summed E-state index contributed by atoms with van der Waals surface area (Å²) >= 11 is 2.66. The molecule has 0 saturated heterocycles. The van der Waals surface area contributed by atoms with Gasteiger partial charge in [0.05, 0.1) is 6.61 Å². The van der Waals surface area contributed by atoms with Gasteiger partial charge < -0.3 is 4.74 Å². The molecule has 1 nitrogen and oxygen atoms in total. The van der Waals surface area contributed by atoms with Gasteiger partial charge in [0.15, 0.2) is 0 Å². The molecule has 0 saturated carbocycles. The van der Waals surface area contributed by atoms with Gasteiger partial charge >= 0.3 is 0 Å². The van der Waals surface area contributed by atoms with Crippen LogP contribution < -0.4 is 4.74 Å². The second kappa shape index (κ2) is 8.77. The second-order valence-electron chi connectivity index (χ2n) is 5.84. The number of rotatable bonds is 7. The summed E-state index contributed by atoms with van der Waals surface area (Å²) in [5.74, 6) is 0.955. The van der Waals surface area contributed by atoms with E-state index in [0.29, 0.717) is 0 Å². The van der Waals surface area contributed by atoms with Gasteiger partial charge in [-0.3, -0.25) is 0 Å². The fraction of sp³-hybridized carbons (Fsp3) is 0.182. The Balaban J connectivity index is 1.98. The predicted octanol–water partition coefficient (Wildman–Crippen LogP) is 7.50. The van der Waals surface area contributed by atoms with Gasteiger partial charge in [0.1, 0.15) is 5.75 Å². The Labute approximate surface area is 164 Å². The van der Waals surface area contributed by atoms with Gasteiger partial charge in [-0.15, -0.1) is 7.20 Å². The average Bonchev–Trinajstić information content (AvgIpc) is 2.69. The van der Waals surface area contributed by atoms with Crippen molar-refractivity contribution in [1.82, 2.24) is 0 Å². The number of halogens is 1. The zero-order chi connectivity index (χ0) is 17.5. The van der Waals surface area contributed by atoms with Gasteiger partial charge in [0.2, 0.25) is 0 Å². The van der Waals surface area contributed by atoms with Crippen LogP contribution in [0.15, 0.2) is 99.6 Å². The van der Waals surface area contributed by atoms with Crippen LogP contribution in [-0.2, 0) is 0 Å². The van der Waals surface area contributed by atoms with E-state index >= 15 is 0 Å². The minimum absolute atomic E-state index is 0.787. The minimum Gasteiger partial charge on any atom is -0.494 e. The van der Waals surface area contributed by atoms with E-state index in [9.17, 15) is 0 Å². The molecule has 0 aliphatic rings. The zero-order valence-electron chi connectivity index (χ0n) is 14.4. The van der Waals surface area contributed by atoms with Crippen molar-refractivity contribution in [2.45, 2.75) is 34.5 Å². The van der Waals surface area contributed by atoms with Crippen molar-refractivity contribution in [3.8, 4) is 5.75 Å². The van der Waals surface area contributed by atoms with Gasteiger partial charge in [-0.25, -0.2) is 0 Å². The molecule has 3 heteroatoms. The Morgan fingerprint density at radius 2 is 1.20 bits per heavy atom. The second-order valence-corrected chi connectivity index (χ2v) is 12.3. The molecular formula is C22H23IOS. The minimum atomic E-state index is -1.30. The maximum absolute atomic E-state index is 5.83. The quantitative estimate of drug-likeness (QED) is 0.261. The van der Waals surface area contributed by atoms with Crippen LogP contribution in [-0.4, -0.2) is 6.61 Å². The van der Waals surface area contributed by atoms with E-state index in [-0.39, 0.29) is 0 Å². The first-order valence-corrected chi connectivity index (χ1v) is 12.8. The molecule has 0 radical (unpaired) electrons. The molecule has 0 unspecified atom stereocenters. The summed E-state index contributed by atoms with van der Waals surface area (Å²) in [5.41, 5.74) is 0. The molecule has 130 valence electrons. The normalized spacial score (nSPS) is 11.9. The van der Waals surface area contributed by atoms with Crippen molar-refractivity contribution in [2.75, 3.05) is 6.61 Å². The number of hydrogen-bond acceptors (Lipinski definition) is 1. The highest BCUT2D eigenvalue weighted by atomic mass is 127. The lowest BCUT2D eigenvalue weighted by Gasteiger charge is -2.35. The molecule has 0 heterocycles. The van der Waals surface area contributed by atoms with E-state index < -0.39 is 7.20 Å². The standard InChI is InChI=1S/C22H23IOS/c1-2-3-18-24-19-14-16-22(17-15-19)25(23,20-10-6-4-7-11-20)21-12-8-5-9-13-21/h4-17H,2-3,18H2,1H3. The van der Waals surface area contributed by atoms with Crippen LogP contribution in [0.5, 0.6) is 5.75 Å². The molecule has 3 aromatic rings. The molecule has 0 aromatic heterocycles. The summed E-state index contributed by atoms with van der Waals surface area (Å²) in [7, 11) is -1.30. The van der Waals surface area contributed by atoms with Crippen LogP contribution in [0.2, 0.25) is 0 Å². The molecule has 0 fully saturated rings. The summed E-state index contributed by atoms with van der Waals surface area (Å²) in [4.78, 5) is 4.07. The zero-order valence-corrected chi connectivity index (χ0v) is 17.4. The lowest BCUT2D eigenvalue weighted by atomic mass is 10.3. The Kier molecular flexibility index (Phi) is 6.43. The Bertz CT molecular complexity index is 733. The lowest BCUT2D eigenvalue weighted by Crippen LogP contribution is -1.98. The third-order valence-corrected chi connectivity index (χ3v) is 11.4. The first-order valence-electron chi connectivity index (χ1n) is 8.61. The molecular weight excluding hydrogens is 439 g/mol. The van der Waals surface area contributed by atoms with Gasteiger partial charge in [-0.1, -0.05) is 49.7 Å². The van der Waals surface area contributed by atoms with E-state index in [1.807, 2.05) is 0 Å². The smallest absolute Gasteiger partial charge is 0.119 e. The van der Waals surface area contributed by atoms with Crippen molar-refractivity contribution in [3.05, 3.63) is 84.9 Å². The fourth-order valence-electron chi connectivity index (χ4n) is 2.68. The van der Waals surface area contributed by atoms with Crippen molar-refractivity contribution in [3.63, 3.8) is 0 Å². The molecule has 0 N–H and O–H groups in total. The molecule has 0 atom stereocenters. The van der Waals surface area contributed by atoms with E-state index in [4.69, 9.17) is 4.74 Å². The Morgan fingerprint density at radius 3 is 1.68 bits per heavy atom. The Morgan fingerprint density at radius 1 is 0.720 bits per heavy atom. The maximum atomic E-state index is 5.83. The number of ether oxygens (including phenoxy) is 1. The van der Waals surface area contributed by atoms with Crippen molar-refractivity contribution < 1.29 is 4.74 Å². The molecule has 0 aliphatic carbocycles. The molecule has 0 bridgehead atoms. The number of hydrogen-bond donors (Lipinski definition) is 0. The van der Waals surface area contributed by atoms with E-state index in [1.54, 1.807) is 0 Å². The first-order chi connectivity index (χ1) is 12.2. The largest absolute Gasteiger partial charge is 0.494 e. The number of unbranched alkanes of at least 4 members (excludes halogenated alkanes) is 1. The summed E-state index contributed by atoms with van der Waals surface area (Å²) in [5, 5.41) is 0. The molecule has 0 spiro atoms. The lowest BCUT2D eigenvalue weighted by molar-refractivity contribution is 0.309. The first kappa shape index (κ1) is 18.3. The molecule has 3 aromatic carbocycles. The van der Waals surface area contributed by atoms with Crippen molar-refractivity contribution in [2.24, 2.45) is 0 Å². The van der Waals surface area contributed by atoms with Crippen LogP contribution in [0.25, 0.3) is 0 Å². The summed E-state index contributed by atoms with van der Waals surface area (Å²) in [6, 6.07) is 30.3. The van der Waals surface area contributed by atoms with Crippen LogP contribution in [0.4, 0.5) is 0 Å². The van der Waals surface area contributed by atoms with Crippen LogP contribution in [0.1, 0.15) is 19.8 Å². The van der Waals surface area contributed by atoms with Gasteiger partial charge in [0.25, 0.3) is 0 Å². The van der Waals surface area contributed by atoms with E-state index in [2.05, 4.69) is 113 Å². The highest BCUT2D eigenvalue weighted by Gasteiger charge is 2.27. The maximum Gasteiger partial charge on any atom is 0.119 e.